The molecule has 3 aromatic rings. The standard InChI is InChI=1S/C21H20N6O/c28-20(22-17-11-12-17)14-26-18(15-7-3-1-4-8-15)13-19(16-9-5-2-6-10-16)27-21(26)23-24-25-27/h1-10,13,17,19H,11-12,14H2,(H,22,28). The predicted octanol–water partition coefficient (Wildman–Crippen LogP) is 2.40. The van der Waals surface area contributed by atoms with Gasteiger partial charge in [-0.1, -0.05) is 65.8 Å². The molecular formula is C21H20N6O. The number of anilines is 1. The van der Waals surface area contributed by atoms with Crippen molar-refractivity contribution in [2.45, 2.75) is 24.9 Å². The van der Waals surface area contributed by atoms with Crippen LogP contribution >= 0.6 is 0 Å². The van der Waals surface area contributed by atoms with Crippen LogP contribution in [0, 0.1) is 0 Å². The number of hydrogen-bond acceptors (Lipinski definition) is 5. The van der Waals surface area contributed by atoms with Crippen LogP contribution in [-0.2, 0) is 4.79 Å². The lowest BCUT2D eigenvalue weighted by molar-refractivity contribution is -0.119. The van der Waals surface area contributed by atoms with Gasteiger partial charge in [0.05, 0.1) is 5.70 Å². The molecule has 1 saturated carbocycles. The Morgan fingerprint density at radius 1 is 1.04 bits per heavy atom. The molecular weight excluding hydrogens is 352 g/mol. The number of fused-ring (bicyclic) bond motifs is 1. The summed E-state index contributed by atoms with van der Waals surface area (Å²) in [5.41, 5.74) is 3.05. The summed E-state index contributed by atoms with van der Waals surface area (Å²) in [7, 11) is 0. The molecule has 1 N–H and O–H groups in total. The highest BCUT2D eigenvalue weighted by Crippen LogP contribution is 2.35. The van der Waals surface area contributed by atoms with Gasteiger partial charge in [0.15, 0.2) is 0 Å². The molecule has 1 unspecified atom stereocenters. The first kappa shape index (κ1) is 16.7. The van der Waals surface area contributed by atoms with Crippen LogP contribution in [0.3, 0.4) is 0 Å². The third-order valence-corrected chi connectivity index (χ3v) is 5.04. The number of carbonyl (C=O) groups is 1. The average molecular weight is 372 g/mol. The number of carbonyl (C=O) groups excluding carboxylic acids is 1. The van der Waals surface area contributed by atoms with Gasteiger partial charge in [-0.05, 0) is 40.5 Å². The highest BCUT2D eigenvalue weighted by atomic mass is 16.2. The van der Waals surface area contributed by atoms with E-state index in [9.17, 15) is 4.79 Å². The lowest BCUT2D eigenvalue weighted by atomic mass is 10.0. The van der Waals surface area contributed by atoms with Gasteiger partial charge in [0, 0.05) is 6.04 Å². The highest BCUT2D eigenvalue weighted by molar-refractivity contribution is 5.89. The molecule has 28 heavy (non-hydrogen) atoms. The second-order valence-electron chi connectivity index (χ2n) is 7.12. The Morgan fingerprint density at radius 2 is 1.75 bits per heavy atom. The van der Waals surface area contributed by atoms with E-state index in [-0.39, 0.29) is 18.5 Å². The summed E-state index contributed by atoms with van der Waals surface area (Å²) in [5.74, 6) is 0.554. The number of tetrazole rings is 1. The third-order valence-electron chi connectivity index (χ3n) is 5.04. The van der Waals surface area contributed by atoms with Gasteiger partial charge < -0.3 is 5.32 Å². The number of rotatable bonds is 5. The van der Waals surface area contributed by atoms with Crippen molar-refractivity contribution < 1.29 is 4.79 Å². The summed E-state index contributed by atoms with van der Waals surface area (Å²) >= 11 is 0. The van der Waals surface area contributed by atoms with E-state index in [4.69, 9.17) is 0 Å². The summed E-state index contributed by atoms with van der Waals surface area (Å²) in [5, 5.41) is 15.4. The lowest BCUT2D eigenvalue weighted by Gasteiger charge is -2.32. The van der Waals surface area contributed by atoms with Crippen molar-refractivity contribution in [2.24, 2.45) is 0 Å². The van der Waals surface area contributed by atoms with Gasteiger partial charge in [0.1, 0.15) is 12.6 Å². The van der Waals surface area contributed by atoms with Gasteiger partial charge in [0.2, 0.25) is 5.91 Å². The summed E-state index contributed by atoms with van der Waals surface area (Å²) in [4.78, 5) is 14.5. The van der Waals surface area contributed by atoms with Crippen molar-refractivity contribution >= 4 is 17.6 Å². The van der Waals surface area contributed by atoms with E-state index in [1.165, 1.54) is 0 Å². The van der Waals surface area contributed by atoms with Crippen LogP contribution in [0.5, 0.6) is 0 Å². The smallest absolute Gasteiger partial charge is 0.251 e. The van der Waals surface area contributed by atoms with Crippen molar-refractivity contribution in [3.8, 4) is 0 Å². The molecule has 0 bridgehead atoms. The van der Waals surface area contributed by atoms with Crippen LogP contribution in [0.1, 0.15) is 30.0 Å². The van der Waals surface area contributed by atoms with Crippen LogP contribution in [0.2, 0.25) is 0 Å². The average Bonchev–Trinajstić information content (AvgIpc) is 3.40. The Kier molecular flexibility index (Phi) is 4.12. The van der Waals surface area contributed by atoms with Crippen LogP contribution in [0.15, 0.2) is 66.7 Å². The maximum Gasteiger partial charge on any atom is 0.251 e. The van der Waals surface area contributed by atoms with Crippen LogP contribution in [0.4, 0.5) is 5.95 Å². The van der Waals surface area contributed by atoms with Gasteiger partial charge in [-0.2, -0.15) is 4.68 Å². The first-order chi connectivity index (χ1) is 13.8. The van der Waals surface area contributed by atoms with E-state index < -0.39 is 0 Å². The van der Waals surface area contributed by atoms with Crippen molar-refractivity contribution in [3.63, 3.8) is 0 Å². The number of benzene rings is 2. The van der Waals surface area contributed by atoms with E-state index in [1.807, 2.05) is 53.4 Å². The largest absolute Gasteiger partial charge is 0.352 e. The Labute approximate surface area is 162 Å². The van der Waals surface area contributed by atoms with Gasteiger partial charge in [-0.15, -0.1) is 0 Å². The topological polar surface area (TPSA) is 75.9 Å². The lowest BCUT2D eigenvalue weighted by Crippen LogP contribution is -2.40. The fraction of sp³-hybridized carbons (Fsp3) is 0.238. The first-order valence-electron chi connectivity index (χ1n) is 9.46. The molecule has 5 rings (SSSR count). The first-order valence-corrected chi connectivity index (χ1v) is 9.46. The number of amides is 1. The Hall–Kier alpha value is -3.48. The number of hydrogen-bond donors (Lipinski definition) is 1. The zero-order chi connectivity index (χ0) is 18.9. The number of aromatic nitrogens is 4. The zero-order valence-corrected chi connectivity index (χ0v) is 15.3. The molecule has 1 aliphatic heterocycles. The fourth-order valence-electron chi connectivity index (χ4n) is 3.51. The summed E-state index contributed by atoms with van der Waals surface area (Å²) < 4.78 is 1.77. The van der Waals surface area contributed by atoms with Crippen LogP contribution < -0.4 is 10.2 Å². The van der Waals surface area contributed by atoms with Gasteiger partial charge in [-0.3, -0.25) is 9.69 Å². The van der Waals surface area contributed by atoms with E-state index in [2.05, 4.69) is 39.1 Å². The van der Waals surface area contributed by atoms with Crippen molar-refractivity contribution in [1.29, 1.82) is 0 Å². The maximum absolute atomic E-state index is 12.6. The van der Waals surface area contributed by atoms with Gasteiger partial charge in [0.25, 0.3) is 5.95 Å². The maximum atomic E-state index is 12.6. The molecule has 1 amide bonds. The Bertz CT molecular complexity index is 1010. The predicted molar refractivity (Wildman–Crippen MR) is 105 cm³/mol. The van der Waals surface area contributed by atoms with E-state index in [0.717, 1.165) is 29.7 Å². The number of nitrogens with one attached hydrogen (secondary N) is 1. The third kappa shape index (κ3) is 3.15. The monoisotopic (exact) mass is 372 g/mol. The summed E-state index contributed by atoms with van der Waals surface area (Å²) in [6.45, 7) is 0.180. The number of allylic oxidation sites excluding steroid dienone is 1. The summed E-state index contributed by atoms with van der Waals surface area (Å²) in [6.07, 6.45) is 4.24. The molecule has 7 nitrogen and oxygen atoms in total. The molecule has 2 heterocycles. The van der Waals surface area contributed by atoms with Crippen molar-refractivity contribution in [1.82, 2.24) is 25.5 Å². The SMILES string of the molecule is O=C(CN1C(c2ccccc2)=CC(c2ccccc2)n2nnnc21)NC1CC1. The molecule has 1 fully saturated rings. The molecule has 1 aromatic heterocycles. The molecule has 2 aromatic carbocycles. The van der Waals surface area contributed by atoms with Gasteiger partial charge in [-0.25, -0.2) is 0 Å². The molecule has 1 aliphatic carbocycles. The van der Waals surface area contributed by atoms with E-state index in [1.54, 1.807) is 4.68 Å². The minimum Gasteiger partial charge on any atom is -0.352 e. The minimum absolute atomic E-state index is 0.0166. The Morgan fingerprint density at radius 3 is 2.46 bits per heavy atom. The van der Waals surface area contributed by atoms with E-state index >= 15 is 0 Å². The van der Waals surface area contributed by atoms with Crippen LogP contribution in [0.25, 0.3) is 5.70 Å². The highest BCUT2D eigenvalue weighted by Gasteiger charge is 2.33. The minimum atomic E-state index is -0.135. The van der Waals surface area contributed by atoms with E-state index in [0.29, 0.717) is 12.0 Å². The fourth-order valence-corrected chi connectivity index (χ4v) is 3.51. The normalized spacial score (nSPS) is 18.4. The second kappa shape index (κ2) is 6.92. The zero-order valence-electron chi connectivity index (χ0n) is 15.3. The number of nitrogens with zero attached hydrogens (tertiary/aromatic N) is 5. The quantitative estimate of drug-likeness (QED) is 0.744. The molecule has 0 radical (unpaired) electrons. The Balaban J connectivity index is 1.58. The van der Waals surface area contributed by atoms with Gasteiger partial charge >= 0.3 is 0 Å². The molecule has 2 aliphatic rings. The summed E-state index contributed by atoms with van der Waals surface area (Å²) in [6, 6.07) is 20.3. The molecule has 0 saturated heterocycles. The molecule has 0 spiro atoms. The van der Waals surface area contributed by atoms with Crippen molar-refractivity contribution in [2.75, 3.05) is 11.4 Å². The van der Waals surface area contributed by atoms with Crippen molar-refractivity contribution in [3.05, 3.63) is 77.9 Å². The molecule has 7 heteroatoms. The second-order valence-corrected chi connectivity index (χ2v) is 7.12. The van der Waals surface area contributed by atoms with Crippen LogP contribution in [-0.4, -0.2) is 38.7 Å². The molecule has 1 atom stereocenters. The molecule has 140 valence electrons.